The van der Waals surface area contributed by atoms with Crippen LogP contribution in [0.4, 0.5) is 0 Å². The number of fused-ring (bicyclic) bond motifs is 1. The molecule has 26 heavy (non-hydrogen) atoms. The molecule has 3 aliphatic heterocycles. The maximum Gasteiger partial charge on any atom is 0.312 e. The van der Waals surface area contributed by atoms with Gasteiger partial charge >= 0.3 is 5.97 Å². The van der Waals surface area contributed by atoms with Crippen molar-refractivity contribution in [3.63, 3.8) is 0 Å². The molecule has 3 aliphatic rings. The zero-order valence-electron chi connectivity index (χ0n) is 14.9. The Labute approximate surface area is 161 Å². The normalized spacial score (nSPS) is 32.8. The standard InChI is InChI=1S/C20H22BrNO4/c1-3-10-25-19(24)16-15-8-9-20(26-15)11-22(18(23)17(16)20)12(2)13-4-6-14(21)7-5-13/h4-9,12,15-17H,3,10-11H2,1-2H3/t12?,15-,16?,17+,20-/m1/s1. The van der Waals surface area contributed by atoms with E-state index in [0.29, 0.717) is 13.2 Å². The minimum Gasteiger partial charge on any atom is -0.465 e. The van der Waals surface area contributed by atoms with Gasteiger partial charge in [-0.05, 0) is 31.0 Å². The van der Waals surface area contributed by atoms with E-state index in [0.717, 1.165) is 16.5 Å². The van der Waals surface area contributed by atoms with Crippen LogP contribution in [-0.4, -0.2) is 41.6 Å². The largest absolute Gasteiger partial charge is 0.465 e. The van der Waals surface area contributed by atoms with Crippen LogP contribution in [0.3, 0.4) is 0 Å². The van der Waals surface area contributed by atoms with Gasteiger partial charge in [0.15, 0.2) is 0 Å². The fraction of sp³-hybridized carbons (Fsp3) is 0.500. The zero-order valence-corrected chi connectivity index (χ0v) is 16.4. The molecule has 1 spiro atoms. The maximum absolute atomic E-state index is 13.2. The molecule has 5 atom stereocenters. The Bertz CT molecular complexity index is 762. The summed E-state index contributed by atoms with van der Waals surface area (Å²) in [7, 11) is 0. The van der Waals surface area contributed by atoms with Gasteiger partial charge < -0.3 is 14.4 Å². The Morgan fingerprint density at radius 3 is 2.85 bits per heavy atom. The lowest BCUT2D eigenvalue weighted by Crippen LogP contribution is -2.40. The second-order valence-corrected chi connectivity index (χ2v) is 8.18. The summed E-state index contributed by atoms with van der Waals surface area (Å²) >= 11 is 3.44. The van der Waals surface area contributed by atoms with Gasteiger partial charge in [0.2, 0.25) is 5.91 Å². The lowest BCUT2D eigenvalue weighted by molar-refractivity contribution is -0.154. The summed E-state index contributed by atoms with van der Waals surface area (Å²) in [6, 6.07) is 7.87. The Morgan fingerprint density at radius 2 is 2.15 bits per heavy atom. The molecule has 3 heterocycles. The number of halogens is 1. The fourth-order valence-electron chi connectivity index (χ4n) is 4.35. The first-order chi connectivity index (χ1) is 12.5. The van der Waals surface area contributed by atoms with E-state index in [1.165, 1.54) is 0 Å². The van der Waals surface area contributed by atoms with Crippen molar-refractivity contribution in [3.05, 3.63) is 46.5 Å². The van der Waals surface area contributed by atoms with E-state index < -0.39 is 17.4 Å². The predicted molar refractivity (Wildman–Crippen MR) is 99.2 cm³/mol. The van der Waals surface area contributed by atoms with Crippen LogP contribution in [0.15, 0.2) is 40.9 Å². The number of hydrogen-bond acceptors (Lipinski definition) is 4. The summed E-state index contributed by atoms with van der Waals surface area (Å²) in [4.78, 5) is 27.6. The SMILES string of the molecule is CCCOC(=O)C1[C@H]2C(=O)N(C(C)c3ccc(Br)cc3)C[C@]23C=C[C@H]1O3. The highest BCUT2D eigenvalue weighted by atomic mass is 79.9. The first-order valence-electron chi connectivity index (χ1n) is 9.06. The van der Waals surface area contributed by atoms with Crippen LogP contribution in [0, 0.1) is 11.8 Å². The first-order valence-corrected chi connectivity index (χ1v) is 9.86. The lowest BCUT2D eigenvalue weighted by atomic mass is 9.77. The molecule has 0 aliphatic carbocycles. The third-order valence-electron chi connectivity index (χ3n) is 5.67. The van der Waals surface area contributed by atoms with E-state index in [-0.39, 0.29) is 24.0 Å². The van der Waals surface area contributed by atoms with E-state index in [2.05, 4.69) is 15.9 Å². The molecule has 2 fully saturated rings. The van der Waals surface area contributed by atoms with E-state index in [1.807, 2.05) is 55.2 Å². The van der Waals surface area contributed by atoms with Crippen LogP contribution in [0.2, 0.25) is 0 Å². The first kappa shape index (κ1) is 17.7. The number of carbonyl (C=O) groups excluding carboxylic acids is 2. The minimum absolute atomic E-state index is 0.0225. The summed E-state index contributed by atoms with van der Waals surface area (Å²) in [5.74, 6) is -1.37. The Balaban J connectivity index is 1.59. The number of esters is 1. The number of carbonyl (C=O) groups is 2. The van der Waals surface area contributed by atoms with Gasteiger partial charge in [-0.1, -0.05) is 47.1 Å². The second-order valence-electron chi connectivity index (χ2n) is 7.26. The molecular weight excluding hydrogens is 398 g/mol. The van der Waals surface area contributed by atoms with Crippen LogP contribution in [0.25, 0.3) is 0 Å². The maximum atomic E-state index is 13.2. The van der Waals surface area contributed by atoms with Crippen LogP contribution >= 0.6 is 15.9 Å². The Hall–Kier alpha value is -1.66. The van der Waals surface area contributed by atoms with Gasteiger partial charge in [-0.2, -0.15) is 0 Å². The summed E-state index contributed by atoms with van der Waals surface area (Å²) < 4.78 is 12.5. The van der Waals surface area contributed by atoms with Gasteiger partial charge in [0.25, 0.3) is 0 Å². The minimum atomic E-state index is -0.693. The van der Waals surface area contributed by atoms with Crippen LogP contribution in [0.5, 0.6) is 0 Å². The molecule has 0 saturated carbocycles. The molecule has 0 radical (unpaired) electrons. The molecule has 138 valence electrons. The van der Waals surface area contributed by atoms with Crippen molar-refractivity contribution < 1.29 is 19.1 Å². The van der Waals surface area contributed by atoms with Crippen molar-refractivity contribution in [3.8, 4) is 0 Å². The van der Waals surface area contributed by atoms with Crippen LogP contribution in [-0.2, 0) is 19.1 Å². The average Bonchev–Trinajstić information content (AvgIpc) is 3.28. The van der Waals surface area contributed by atoms with Gasteiger partial charge in [-0.15, -0.1) is 0 Å². The molecule has 0 aromatic heterocycles. The third kappa shape index (κ3) is 2.62. The molecule has 6 heteroatoms. The molecule has 4 rings (SSSR count). The topological polar surface area (TPSA) is 55.8 Å². The molecule has 5 nitrogen and oxygen atoms in total. The van der Waals surface area contributed by atoms with E-state index in [1.54, 1.807) is 0 Å². The second kappa shape index (κ2) is 6.50. The molecule has 2 saturated heterocycles. The number of benzene rings is 1. The van der Waals surface area contributed by atoms with E-state index >= 15 is 0 Å². The summed E-state index contributed by atoms with van der Waals surface area (Å²) in [6.07, 6.45) is 4.29. The third-order valence-corrected chi connectivity index (χ3v) is 6.20. The highest BCUT2D eigenvalue weighted by Gasteiger charge is 2.67. The number of nitrogens with zero attached hydrogens (tertiary/aromatic N) is 1. The van der Waals surface area contributed by atoms with Gasteiger partial charge in [0.05, 0.1) is 31.2 Å². The monoisotopic (exact) mass is 419 g/mol. The summed E-state index contributed by atoms with van der Waals surface area (Å²) in [5, 5.41) is 0. The highest BCUT2D eigenvalue weighted by molar-refractivity contribution is 9.10. The number of likely N-dealkylation sites (tertiary alicyclic amines) is 1. The van der Waals surface area contributed by atoms with E-state index in [4.69, 9.17) is 9.47 Å². The molecule has 2 unspecified atom stereocenters. The smallest absolute Gasteiger partial charge is 0.312 e. The number of hydrogen-bond donors (Lipinski definition) is 0. The molecular formula is C20H22BrNO4. The van der Waals surface area contributed by atoms with Gasteiger partial charge in [-0.3, -0.25) is 9.59 Å². The average molecular weight is 420 g/mol. The Morgan fingerprint density at radius 1 is 1.42 bits per heavy atom. The molecule has 1 aromatic carbocycles. The van der Waals surface area contributed by atoms with Crippen molar-refractivity contribution in [1.82, 2.24) is 4.90 Å². The fourth-order valence-corrected chi connectivity index (χ4v) is 4.61. The quantitative estimate of drug-likeness (QED) is 0.542. The van der Waals surface area contributed by atoms with E-state index in [9.17, 15) is 9.59 Å². The molecule has 0 N–H and O–H groups in total. The zero-order chi connectivity index (χ0) is 18.5. The number of rotatable bonds is 5. The van der Waals surface area contributed by atoms with Gasteiger partial charge in [0, 0.05) is 4.47 Å². The van der Waals surface area contributed by atoms with Gasteiger partial charge in [0.1, 0.15) is 11.5 Å². The molecule has 2 bridgehead atoms. The Kier molecular flexibility index (Phi) is 4.43. The van der Waals surface area contributed by atoms with Crippen molar-refractivity contribution >= 4 is 27.8 Å². The lowest BCUT2D eigenvalue weighted by Gasteiger charge is -2.27. The van der Waals surface area contributed by atoms with Crippen LogP contribution < -0.4 is 0 Å². The van der Waals surface area contributed by atoms with Crippen molar-refractivity contribution in [2.45, 2.75) is 38.0 Å². The number of ether oxygens (including phenoxy) is 2. The summed E-state index contributed by atoms with van der Waals surface area (Å²) in [5.41, 5.74) is 0.364. The van der Waals surface area contributed by atoms with Crippen molar-refractivity contribution in [1.29, 1.82) is 0 Å². The van der Waals surface area contributed by atoms with Gasteiger partial charge in [-0.25, -0.2) is 0 Å². The number of amides is 1. The van der Waals surface area contributed by atoms with Crippen LogP contribution in [0.1, 0.15) is 31.9 Å². The predicted octanol–water partition coefficient (Wildman–Crippen LogP) is 3.25. The van der Waals surface area contributed by atoms with Crippen molar-refractivity contribution in [2.24, 2.45) is 11.8 Å². The molecule has 1 aromatic rings. The molecule has 1 amide bonds. The highest BCUT2D eigenvalue weighted by Crippen LogP contribution is 2.53. The van der Waals surface area contributed by atoms with Crippen molar-refractivity contribution in [2.75, 3.05) is 13.2 Å². The summed E-state index contributed by atoms with van der Waals surface area (Å²) in [6.45, 7) is 4.81.